The number of benzene rings is 1. The van der Waals surface area contributed by atoms with Crippen molar-refractivity contribution in [1.29, 1.82) is 0 Å². The highest BCUT2D eigenvalue weighted by Gasteiger charge is 2.27. The second-order valence-electron chi connectivity index (χ2n) is 5.59. The lowest BCUT2D eigenvalue weighted by Crippen LogP contribution is -2.46. The van der Waals surface area contributed by atoms with Crippen LogP contribution in [-0.2, 0) is 0 Å². The molecule has 1 N–H and O–H groups in total. The van der Waals surface area contributed by atoms with E-state index >= 15 is 0 Å². The summed E-state index contributed by atoms with van der Waals surface area (Å²) in [5.74, 6) is 0.000143. The number of carbonyl (C=O) groups excluding carboxylic acids is 2. The van der Waals surface area contributed by atoms with Gasteiger partial charge >= 0.3 is 5.91 Å². The van der Waals surface area contributed by atoms with Crippen molar-refractivity contribution in [1.82, 2.24) is 0 Å². The zero-order valence-corrected chi connectivity index (χ0v) is 18.7. The quantitative estimate of drug-likeness (QED) is 0.407. The van der Waals surface area contributed by atoms with Crippen LogP contribution in [0.1, 0.15) is 88.9 Å². The second kappa shape index (κ2) is 16.9. The van der Waals surface area contributed by atoms with Gasteiger partial charge in [0.15, 0.2) is 12.5 Å². The third kappa shape index (κ3) is 9.25. The Balaban J connectivity index is -0.000000795. The summed E-state index contributed by atoms with van der Waals surface area (Å²) >= 11 is 0. The summed E-state index contributed by atoms with van der Waals surface area (Å²) < 4.78 is -0.125. The van der Waals surface area contributed by atoms with Crippen LogP contribution < -0.4 is 0 Å². The minimum absolute atomic E-state index is 0.0428. The van der Waals surface area contributed by atoms with E-state index in [0.717, 1.165) is 12.8 Å². The van der Waals surface area contributed by atoms with E-state index in [0.29, 0.717) is 11.1 Å². The van der Waals surface area contributed by atoms with E-state index < -0.39 is 0 Å². The average Bonchev–Trinajstić information content (AvgIpc) is 2.72. The third-order valence-electron chi connectivity index (χ3n) is 3.68. The van der Waals surface area contributed by atoms with Crippen LogP contribution in [0.15, 0.2) is 24.3 Å². The van der Waals surface area contributed by atoms with E-state index in [-0.39, 0.29) is 28.8 Å². The third-order valence-corrected chi connectivity index (χ3v) is 3.68. The van der Waals surface area contributed by atoms with E-state index in [4.69, 9.17) is 0 Å². The predicted octanol–water partition coefficient (Wildman–Crippen LogP) is 5.55. The van der Waals surface area contributed by atoms with E-state index in [9.17, 15) is 14.7 Å². The fourth-order valence-corrected chi connectivity index (χ4v) is 2.09. The molecule has 0 aliphatic heterocycles. The molecule has 0 heterocycles. The maximum Gasteiger partial charge on any atom is 0.347 e. The maximum atomic E-state index is 12.2. The first-order chi connectivity index (χ1) is 12.4. The summed E-state index contributed by atoms with van der Waals surface area (Å²) in [6.07, 6.45) is 1.65. The summed E-state index contributed by atoms with van der Waals surface area (Å²) in [4.78, 5) is 24.4. The minimum atomic E-state index is -0.257. The number of aliphatic hydroxyl groups is 1. The number of ketones is 1. The van der Waals surface area contributed by atoms with Crippen molar-refractivity contribution >= 4 is 11.7 Å². The Morgan fingerprint density at radius 3 is 1.50 bits per heavy atom. The molecule has 1 aromatic rings. The van der Waals surface area contributed by atoms with Crippen LogP contribution in [0.2, 0.25) is 0 Å². The van der Waals surface area contributed by atoms with Crippen molar-refractivity contribution in [3.63, 3.8) is 0 Å². The van der Waals surface area contributed by atoms with Gasteiger partial charge in [0.2, 0.25) is 0 Å². The highest BCUT2D eigenvalue weighted by atomic mass is 16.3. The molecule has 0 saturated heterocycles. The fourth-order valence-electron chi connectivity index (χ4n) is 2.09. The highest BCUT2D eigenvalue weighted by Crippen LogP contribution is 2.17. The topological polar surface area (TPSA) is 54.4 Å². The Morgan fingerprint density at radius 1 is 0.846 bits per heavy atom. The van der Waals surface area contributed by atoms with Crippen molar-refractivity contribution in [3.05, 3.63) is 35.4 Å². The van der Waals surface area contributed by atoms with Crippen LogP contribution >= 0.6 is 0 Å². The molecule has 0 aromatic heterocycles. The van der Waals surface area contributed by atoms with Gasteiger partial charge in [0.1, 0.15) is 0 Å². The second-order valence-corrected chi connectivity index (χ2v) is 5.59. The van der Waals surface area contributed by atoms with Gasteiger partial charge in [0.05, 0.1) is 19.7 Å². The molecule has 0 radical (unpaired) electrons. The normalized spacial score (nSPS) is 9.69. The Hall–Kier alpha value is -1.52. The van der Waals surface area contributed by atoms with Gasteiger partial charge in [-0.25, -0.2) is 9.28 Å². The Labute approximate surface area is 161 Å². The molecule has 0 fully saturated rings. The van der Waals surface area contributed by atoms with Crippen LogP contribution in [0, 0.1) is 5.92 Å². The highest BCUT2D eigenvalue weighted by molar-refractivity contribution is 5.99. The van der Waals surface area contributed by atoms with Gasteiger partial charge in [-0.15, -0.1) is 0 Å². The summed E-state index contributed by atoms with van der Waals surface area (Å²) in [7, 11) is 3.29. The minimum Gasteiger partial charge on any atom is -0.347 e. The van der Waals surface area contributed by atoms with Crippen LogP contribution in [0.4, 0.5) is 0 Å². The molecule has 4 heteroatoms. The molecule has 0 bridgehead atoms. The smallest absolute Gasteiger partial charge is 0.347 e. The monoisotopic (exact) mass is 368 g/mol. The maximum absolute atomic E-state index is 12.2. The molecule has 1 amide bonds. The zero-order valence-electron chi connectivity index (χ0n) is 18.7. The van der Waals surface area contributed by atoms with E-state index in [1.165, 1.54) is 0 Å². The van der Waals surface area contributed by atoms with E-state index in [2.05, 4.69) is 0 Å². The van der Waals surface area contributed by atoms with E-state index in [1.807, 2.05) is 55.4 Å². The fraction of sp³-hybridized carbons (Fsp3) is 0.636. The number of rotatable bonds is 6. The Kier molecular flexibility index (Phi) is 19.0. The Bertz CT molecular complexity index is 475. The number of carbonyl (C=O) groups is 2. The van der Waals surface area contributed by atoms with Crippen molar-refractivity contribution in [2.24, 2.45) is 5.92 Å². The first-order valence-electron chi connectivity index (χ1n) is 10.00. The summed E-state index contributed by atoms with van der Waals surface area (Å²) in [6, 6.07) is 6.72. The van der Waals surface area contributed by atoms with Gasteiger partial charge in [0, 0.05) is 11.5 Å². The van der Waals surface area contributed by atoms with Crippen LogP contribution in [-0.4, -0.2) is 42.1 Å². The van der Waals surface area contributed by atoms with E-state index in [1.54, 1.807) is 38.4 Å². The van der Waals surface area contributed by atoms with Gasteiger partial charge in [-0.1, -0.05) is 67.5 Å². The molecule has 0 atom stereocenters. The Morgan fingerprint density at radius 2 is 1.19 bits per heavy atom. The van der Waals surface area contributed by atoms with Crippen molar-refractivity contribution in [2.75, 3.05) is 20.8 Å². The number of Topliss-reactive ketones (excluding diaryl/α,β-unsaturated/α-hetero) is 1. The number of nitrogens with zero attached hydrogens (tertiary/aromatic N) is 1. The standard InChI is InChI=1S/C16H24NO3.3C2H6/c1-5-12(6-2)15(19)13-7-9-14(10-8-13)16(20)17(3,4)11-18;3*1-2/h7-10,12,18H,5-6,11H2,1-4H3;3*1-2H3/q+1;;;. The molecule has 0 spiro atoms. The number of quaternary nitrogens is 1. The molecule has 4 nitrogen and oxygen atoms in total. The predicted molar refractivity (Wildman–Crippen MR) is 112 cm³/mol. The van der Waals surface area contributed by atoms with Crippen molar-refractivity contribution < 1.29 is 19.2 Å². The molecule has 26 heavy (non-hydrogen) atoms. The van der Waals surface area contributed by atoms with Crippen LogP contribution in [0.25, 0.3) is 0 Å². The number of hydrogen-bond acceptors (Lipinski definition) is 3. The molecule has 1 aromatic carbocycles. The van der Waals surface area contributed by atoms with Gasteiger partial charge < -0.3 is 5.11 Å². The number of amides is 1. The van der Waals surface area contributed by atoms with Crippen molar-refractivity contribution in [2.45, 2.75) is 68.2 Å². The molecule has 0 unspecified atom stereocenters. The van der Waals surface area contributed by atoms with Gasteiger partial charge in [0.25, 0.3) is 0 Å². The van der Waals surface area contributed by atoms with Crippen LogP contribution in [0.3, 0.4) is 0 Å². The molecule has 0 aliphatic carbocycles. The zero-order chi connectivity index (χ0) is 21.3. The molecule has 0 saturated carbocycles. The van der Waals surface area contributed by atoms with Crippen molar-refractivity contribution in [3.8, 4) is 0 Å². The number of aliphatic hydroxyl groups excluding tert-OH is 1. The lowest BCUT2D eigenvalue weighted by molar-refractivity contribution is -0.829. The van der Waals surface area contributed by atoms with Gasteiger partial charge in [-0.2, -0.15) is 0 Å². The molecule has 152 valence electrons. The summed E-state index contributed by atoms with van der Waals surface area (Å²) in [6.45, 7) is 15.8. The van der Waals surface area contributed by atoms with Gasteiger partial charge in [-0.05, 0) is 25.0 Å². The largest absolute Gasteiger partial charge is 0.347 e. The summed E-state index contributed by atoms with van der Waals surface area (Å²) in [5.41, 5.74) is 1.15. The first kappa shape index (κ1) is 29.3. The first-order valence-corrected chi connectivity index (χ1v) is 10.00. The molecule has 1 rings (SSSR count). The lowest BCUT2D eigenvalue weighted by atomic mass is 9.92. The molecular weight excluding hydrogens is 326 g/mol. The molecular formula is C22H42NO3+. The lowest BCUT2D eigenvalue weighted by Gasteiger charge is -2.23. The average molecular weight is 369 g/mol. The van der Waals surface area contributed by atoms with Gasteiger partial charge in [-0.3, -0.25) is 4.79 Å². The SMILES string of the molecule is CC.CC.CC.CCC(CC)C(=O)c1ccc(C(=O)[N+](C)(C)CO)cc1. The summed E-state index contributed by atoms with van der Waals surface area (Å²) in [5, 5.41) is 9.20. The molecule has 0 aliphatic rings. The number of hydrogen-bond donors (Lipinski definition) is 1. The van der Waals surface area contributed by atoms with Crippen LogP contribution in [0.5, 0.6) is 0 Å².